The predicted molar refractivity (Wildman–Crippen MR) is 85.4 cm³/mol. The number of amides is 1. The summed E-state index contributed by atoms with van der Waals surface area (Å²) in [5, 5.41) is 16.9. The third kappa shape index (κ3) is 3.00. The molecule has 4 nitrogen and oxygen atoms in total. The molecule has 5 heteroatoms. The van der Waals surface area contributed by atoms with E-state index in [1.165, 1.54) is 18.6 Å². The zero-order valence-corrected chi connectivity index (χ0v) is 13.1. The summed E-state index contributed by atoms with van der Waals surface area (Å²) in [6, 6.07) is 5.91. The molecular weight excluding hydrogens is 295 g/mol. The maximum absolute atomic E-state index is 13.2. The van der Waals surface area contributed by atoms with Crippen LogP contribution >= 0.6 is 0 Å². The number of anilines is 1. The highest BCUT2D eigenvalue weighted by Crippen LogP contribution is 2.57. The quantitative estimate of drug-likeness (QED) is 0.799. The van der Waals surface area contributed by atoms with Gasteiger partial charge in [-0.2, -0.15) is 0 Å². The van der Waals surface area contributed by atoms with Crippen LogP contribution in [-0.4, -0.2) is 28.7 Å². The molecule has 2 unspecified atom stereocenters. The summed E-state index contributed by atoms with van der Waals surface area (Å²) in [4.78, 5) is 12.1. The van der Waals surface area contributed by atoms with Crippen molar-refractivity contribution >= 4 is 11.6 Å². The molecular formula is C18H23FN2O2. The second-order valence-electron chi connectivity index (χ2n) is 7.88. The lowest BCUT2D eigenvalue weighted by atomic mass is 9.51. The van der Waals surface area contributed by atoms with Crippen molar-refractivity contribution in [1.29, 1.82) is 0 Å². The molecule has 4 fully saturated rings. The first kappa shape index (κ1) is 15.1. The zero-order chi connectivity index (χ0) is 16.1. The number of carbonyl (C=O) groups is 1. The number of aliphatic hydroxyl groups is 1. The summed E-state index contributed by atoms with van der Waals surface area (Å²) < 4.78 is 13.2. The summed E-state index contributed by atoms with van der Waals surface area (Å²) in [5.41, 5.74) is -0.158. The Morgan fingerprint density at radius 2 is 2.00 bits per heavy atom. The van der Waals surface area contributed by atoms with Gasteiger partial charge in [0.1, 0.15) is 5.82 Å². The molecule has 1 aromatic rings. The molecule has 0 radical (unpaired) electrons. The van der Waals surface area contributed by atoms with Gasteiger partial charge in [0.05, 0.1) is 12.1 Å². The van der Waals surface area contributed by atoms with Crippen molar-refractivity contribution in [3.63, 3.8) is 0 Å². The minimum Gasteiger partial charge on any atom is -0.390 e. The highest BCUT2D eigenvalue weighted by Gasteiger charge is 2.56. The van der Waals surface area contributed by atoms with E-state index in [2.05, 4.69) is 10.6 Å². The van der Waals surface area contributed by atoms with Gasteiger partial charge in [-0.3, -0.25) is 4.79 Å². The van der Waals surface area contributed by atoms with Crippen molar-refractivity contribution in [1.82, 2.24) is 5.32 Å². The van der Waals surface area contributed by atoms with E-state index in [1.807, 2.05) is 0 Å². The molecule has 4 aliphatic rings. The lowest BCUT2D eigenvalue weighted by Gasteiger charge is -2.60. The molecule has 0 aromatic heterocycles. The van der Waals surface area contributed by atoms with E-state index in [0.29, 0.717) is 17.5 Å². The number of benzene rings is 1. The Kier molecular flexibility index (Phi) is 3.46. The number of rotatable bonds is 4. The highest BCUT2D eigenvalue weighted by molar-refractivity contribution is 5.92. The van der Waals surface area contributed by atoms with Gasteiger partial charge in [-0.25, -0.2) is 4.39 Å². The Balaban J connectivity index is 1.38. The SMILES string of the molecule is O=C(CNC12CC3CC(CC(O)(C3)C1)C2)Nc1cccc(F)c1. The normalized spacial score (nSPS) is 37.8. The Bertz CT molecular complexity index is 619. The van der Waals surface area contributed by atoms with Crippen LogP contribution in [0.3, 0.4) is 0 Å². The maximum atomic E-state index is 13.2. The fourth-order valence-corrected chi connectivity index (χ4v) is 5.46. The van der Waals surface area contributed by atoms with Crippen LogP contribution in [0.25, 0.3) is 0 Å². The molecule has 124 valence electrons. The van der Waals surface area contributed by atoms with E-state index >= 15 is 0 Å². The van der Waals surface area contributed by atoms with Crippen molar-refractivity contribution in [3.05, 3.63) is 30.1 Å². The molecule has 4 bridgehead atoms. The molecule has 0 spiro atoms. The summed E-state index contributed by atoms with van der Waals surface area (Å²) in [5.74, 6) is 0.637. The Morgan fingerprint density at radius 1 is 1.26 bits per heavy atom. The van der Waals surface area contributed by atoms with Gasteiger partial charge in [0.2, 0.25) is 5.91 Å². The van der Waals surface area contributed by atoms with Crippen LogP contribution in [0.2, 0.25) is 0 Å². The summed E-state index contributed by atoms with van der Waals surface area (Å²) in [6.07, 6.45) is 5.92. The van der Waals surface area contributed by atoms with Crippen molar-refractivity contribution in [3.8, 4) is 0 Å². The Labute approximate surface area is 135 Å². The number of hydrogen-bond donors (Lipinski definition) is 3. The van der Waals surface area contributed by atoms with Crippen molar-refractivity contribution in [2.24, 2.45) is 11.8 Å². The standard InChI is InChI=1S/C18H23FN2O2/c19-14-2-1-3-15(5-14)21-16(22)10-20-17-6-12-4-13(7-17)9-18(23,8-12)11-17/h1-3,5,12-13,20,23H,4,6-11H2,(H,21,22). The van der Waals surface area contributed by atoms with E-state index in [9.17, 15) is 14.3 Å². The number of hydrogen-bond acceptors (Lipinski definition) is 3. The minimum absolute atomic E-state index is 0.0991. The average Bonchev–Trinajstić information content (AvgIpc) is 2.43. The average molecular weight is 318 g/mol. The Hall–Kier alpha value is -1.46. The predicted octanol–water partition coefficient (Wildman–Crippen LogP) is 2.44. The van der Waals surface area contributed by atoms with Gasteiger partial charge in [0, 0.05) is 11.2 Å². The van der Waals surface area contributed by atoms with E-state index < -0.39 is 5.60 Å². The second-order valence-corrected chi connectivity index (χ2v) is 7.88. The third-order valence-electron chi connectivity index (χ3n) is 5.76. The minimum atomic E-state index is -0.532. The van der Waals surface area contributed by atoms with Crippen LogP contribution in [0.15, 0.2) is 24.3 Å². The zero-order valence-electron chi connectivity index (χ0n) is 13.1. The third-order valence-corrected chi connectivity index (χ3v) is 5.76. The van der Waals surface area contributed by atoms with E-state index in [4.69, 9.17) is 0 Å². The monoisotopic (exact) mass is 318 g/mol. The van der Waals surface area contributed by atoms with Gasteiger partial charge in [-0.05, 0) is 68.6 Å². The van der Waals surface area contributed by atoms with Crippen LogP contribution in [-0.2, 0) is 4.79 Å². The van der Waals surface area contributed by atoms with Crippen LogP contribution in [0.5, 0.6) is 0 Å². The van der Waals surface area contributed by atoms with Crippen molar-refractivity contribution < 1.29 is 14.3 Å². The molecule has 1 amide bonds. The number of nitrogens with one attached hydrogen (secondary N) is 2. The molecule has 23 heavy (non-hydrogen) atoms. The second kappa shape index (κ2) is 5.28. The first-order valence-electron chi connectivity index (χ1n) is 8.47. The van der Waals surface area contributed by atoms with Crippen molar-refractivity contribution in [2.45, 2.75) is 49.7 Å². The van der Waals surface area contributed by atoms with E-state index in [0.717, 1.165) is 32.1 Å². The fraction of sp³-hybridized carbons (Fsp3) is 0.611. The molecule has 4 saturated carbocycles. The van der Waals surface area contributed by atoms with Gasteiger partial charge in [-0.15, -0.1) is 0 Å². The van der Waals surface area contributed by atoms with Crippen molar-refractivity contribution in [2.75, 3.05) is 11.9 Å². The number of carbonyl (C=O) groups excluding carboxylic acids is 1. The van der Waals surface area contributed by atoms with Gasteiger partial charge in [0.25, 0.3) is 0 Å². The maximum Gasteiger partial charge on any atom is 0.238 e. The first-order valence-corrected chi connectivity index (χ1v) is 8.47. The highest BCUT2D eigenvalue weighted by atomic mass is 19.1. The van der Waals surface area contributed by atoms with Crippen LogP contribution in [0, 0.1) is 17.7 Å². The topological polar surface area (TPSA) is 61.4 Å². The summed E-state index contributed by atoms with van der Waals surface area (Å²) in [6.45, 7) is 0.200. The van der Waals surface area contributed by atoms with Gasteiger partial charge >= 0.3 is 0 Å². The molecule has 2 atom stereocenters. The molecule has 4 aliphatic carbocycles. The Morgan fingerprint density at radius 3 is 2.65 bits per heavy atom. The van der Waals surface area contributed by atoms with Gasteiger partial charge in [-0.1, -0.05) is 6.07 Å². The number of halogens is 1. The lowest BCUT2D eigenvalue weighted by Crippen LogP contribution is -2.65. The molecule has 5 rings (SSSR count). The van der Waals surface area contributed by atoms with E-state index in [-0.39, 0.29) is 23.8 Å². The van der Waals surface area contributed by atoms with Gasteiger partial charge < -0.3 is 15.7 Å². The molecule has 3 N–H and O–H groups in total. The molecule has 0 aliphatic heterocycles. The summed E-state index contributed by atoms with van der Waals surface area (Å²) in [7, 11) is 0. The van der Waals surface area contributed by atoms with Crippen LogP contribution in [0.1, 0.15) is 38.5 Å². The fourth-order valence-electron chi connectivity index (χ4n) is 5.46. The van der Waals surface area contributed by atoms with Crippen LogP contribution < -0.4 is 10.6 Å². The van der Waals surface area contributed by atoms with E-state index in [1.54, 1.807) is 12.1 Å². The molecule has 0 saturated heterocycles. The smallest absolute Gasteiger partial charge is 0.238 e. The first-order chi connectivity index (χ1) is 10.9. The molecule has 0 heterocycles. The van der Waals surface area contributed by atoms with Crippen LogP contribution in [0.4, 0.5) is 10.1 Å². The van der Waals surface area contributed by atoms with Gasteiger partial charge in [0.15, 0.2) is 0 Å². The molecule has 1 aromatic carbocycles. The summed E-state index contributed by atoms with van der Waals surface area (Å²) >= 11 is 0. The largest absolute Gasteiger partial charge is 0.390 e. The lowest BCUT2D eigenvalue weighted by molar-refractivity contribution is -0.144.